The fourth-order valence-corrected chi connectivity index (χ4v) is 4.62. The third-order valence-corrected chi connectivity index (χ3v) is 6.63. The van der Waals surface area contributed by atoms with Crippen LogP contribution in [0, 0.1) is 0 Å². The number of nitrogens with zero attached hydrogens (tertiary/aromatic N) is 2. The molecule has 0 aromatic heterocycles. The molecule has 0 amide bonds. The van der Waals surface area contributed by atoms with E-state index in [1.54, 1.807) is 30.5 Å². The Kier molecular flexibility index (Phi) is 6.70. The zero-order valence-electron chi connectivity index (χ0n) is 16.7. The summed E-state index contributed by atoms with van der Waals surface area (Å²) >= 11 is 0. The third kappa shape index (κ3) is 4.30. The van der Waals surface area contributed by atoms with Crippen molar-refractivity contribution in [1.29, 1.82) is 0 Å². The lowest BCUT2D eigenvalue weighted by molar-refractivity contribution is -0.139. The molecule has 1 fully saturated rings. The molecule has 0 saturated carbocycles. The molecule has 0 bridgehead atoms. The molecule has 1 saturated heterocycles. The first kappa shape index (κ1) is 21.8. The maximum Gasteiger partial charge on any atom is 0.355 e. The number of carbonyl (C=O) groups is 2. The number of benzene rings is 1. The van der Waals surface area contributed by atoms with Gasteiger partial charge in [0.05, 0.1) is 24.7 Å². The van der Waals surface area contributed by atoms with Crippen molar-refractivity contribution in [2.75, 3.05) is 45.3 Å². The molecule has 1 aromatic carbocycles. The summed E-state index contributed by atoms with van der Waals surface area (Å²) in [7, 11) is -1.18. The van der Waals surface area contributed by atoms with Gasteiger partial charge >= 0.3 is 11.9 Å². The molecular formula is C20H23N3O6S. The number of methoxy groups -OCH3 is 2. The molecule has 0 unspecified atom stereocenters. The largest absolute Gasteiger partial charge is 0.465 e. The van der Waals surface area contributed by atoms with Crippen molar-refractivity contribution in [3.05, 3.63) is 60.0 Å². The molecule has 0 radical (unpaired) electrons. The Labute approximate surface area is 175 Å². The van der Waals surface area contributed by atoms with E-state index in [4.69, 9.17) is 9.47 Å². The second-order valence-electron chi connectivity index (χ2n) is 6.46. The average Bonchev–Trinajstić information content (AvgIpc) is 3.01. The molecule has 1 aromatic rings. The van der Waals surface area contributed by atoms with Gasteiger partial charge in [-0.15, -0.1) is 0 Å². The summed E-state index contributed by atoms with van der Waals surface area (Å²) in [5.41, 5.74) is 0.468. The lowest BCUT2D eigenvalue weighted by Gasteiger charge is -2.27. The first-order valence-corrected chi connectivity index (χ1v) is 10.7. The van der Waals surface area contributed by atoms with Crippen LogP contribution >= 0.6 is 0 Å². The molecule has 10 heteroatoms. The average molecular weight is 433 g/mol. The van der Waals surface area contributed by atoms with Crippen LogP contribution in [-0.2, 0) is 29.1 Å². The number of nitrogens with one attached hydrogen (secondary N) is 1. The second-order valence-corrected chi connectivity index (χ2v) is 8.40. The Hall–Kier alpha value is -2.95. The van der Waals surface area contributed by atoms with Crippen molar-refractivity contribution in [3.8, 4) is 0 Å². The van der Waals surface area contributed by atoms with E-state index in [9.17, 15) is 18.0 Å². The van der Waals surface area contributed by atoms with Crippen LogP contribution in [0.1, 0.15) is 0 Å². The number of piperazine rings is 1. The summed E-state index contributed by atoms with van der Waals surface area (Å²) in [4.78, 5) is 26.3. The van der Waals surface area contributed by atoms with Gasteiger partial charge in [-0.1, -0.05) is 6.08 Å². The van der Waals surface area contributed by atoms with E-state index >= 15 is 0 Å². The summed E-state index contributed by atoms with van der Waals surface area (Å²) in [6.45, 7) is 2.02. The van der Waals surface area contributed by atoms with Gasteiger partial charge in [0.15, 0.2) is 0 Å². The topological polar surface area (TPSA) is 105 Å². The quantitative estimate of drug-likeness (QED) is 0.679. The van der Waals surface area contributed by atoms with Crippen molar-refractivity contribution < 1.29 is 27.5 Å². The Morgan fingerprint density at radius 3 is 2.20 bits per heavy atom. The van der Waals surface area contributed by atoms with E-state index < -0.39 is 22.0 Å². The van der Waals surface area contributed by atoms with Gasteiger partial charge in [0.25, 0.3) is 0 Å². The highest BCUT2D eigenvalue weighted by Crippen LogP contribution is 2.28. The number of hydrogen-bond acceptors (Lipinski definition) is 8. The number of ether oxygens (including phenoxy) is 2. The molecule has 2 heterocycles. The van der Waals surface area contributed by atoms with Crippen LogP contribution in [0.2, 0.25) is 0 Å². The summed E-state index contributed by atoms with van der Waals surface area (Å²) in [5.74, 6) is -1.43. The smallest absolute Gasteiger partial charge is 0.355 e. The van der Waals surface area contributed by atoms with Crippen molar-refractivity contribution in [3.63, 3.8) is 0 Å². The van der Waals surface area contributed by atoms with Crippen molar-refractivity contribution in [2.24, 2.45) is 0 Å². The summed E-state index contributed by atoms with van der Waals surface area (Å²) < 4.78 is 36.8. The molecule has 30 heavy (non-hydrogen) atoms. The molecule has 9 nitrogen and oxygen atoms in total. The zero-order valence-corrected chi connectivity index (χ0v) is 17.5. The van der Waals surface area contributed by atoms with Crippen LogP contribution in [0.3, 0.4) is 0 Å². The fourth-order valence-electron chi connectivity index (χ4n) is 3.18. The molecular weight excluding hydrogens is 410 g/mol. The lowest BCUT2D eigenvalue weighted by Crippen LogP contribution is -2.46. The summed E-state index contributed by atoms with van der Waals surface area (Å²) in [6, 6.07) is 6.10. The van der Waals surface area contributed by atoms with E-state index in [1.165, 1.54) is 41.6 Å². The monoisotopic (exact) mass is 433 g/mol. The van der Waals surface area contributed by atoms with Crippen LogP contribution < -0.4 is 10.2 Å². The van der Waals surface area contributed by atoms with Crippen molar-refractivity contribution in [1.82, 2.24) is 9.62 Å². The number of allylic oxidation sites excluding steroid dienone is 2. The SMILES string of the molecule is COC(=O)C1=C(C(=O)OC)N(c2ccc(S(=O)(=O)N3CCNCC3)cc2)C=CC=C1. The van der Waals surface area contributed by atoms with E-state index in [2.05, 4.69) is 5.32 Å². The Morgan fingerprint density at radius 2 is 1.60 bits per heavy atom. The molecule has 160 valence electrons. The van der Waals surface area contributed by atoms with Gasteiger partial charge in [-0.3, -0.25) is 0 Å². The first-order valence-electron chi connectivity index (χ1n) is 9.26. The van der Waals surface area contributed by atoms with Crippen LogP contribution in [0.15, 0.2) is 64.9 Å². The fraction of sp³-hybridized carbons (Fsp3) is 0.300. The van der Waals surface area contributed by atoms with Gasteiger partial charge in [-0.2, -0.15) is 4.31 Å². The summed E-state index contributed by atoms with van der Waals surface area (Å²) in [5, 5.41) is 3.12. The third-order valence-electron chi connectivity index (χ3n) is 4.72. The van der Waals surface area contributed by atoms with E-state index in [-0.39, 0.29) is 16.2 Å². The molecule has 2 aliphatic heterocycles. The minimum atomic E-state index is -3.61. The standard InChI is InChI=1S/C20H23N3O6S/c1-28-19(24)17-5-3-4-12-23(18(17)20(25)29-2)15-6-8-16(9-7-15)30(26,27)22-13-10-21-11-14-22/h3-9,12,21H,10-11,13-14H2,1-2H3. The predicted molar refractivity (Wildman–Crippen MR) is 110 cm³/mol. The van der Waals surface area contributed by atoms with Crippen molar-refractivity contribution in [2.45, 2.75) is 4.90 Å². The number of hydrogen-bond donors (Lipinski definition) is 1. The van der Waals surface area contributed by atoms with Crippen LogP contribution in [0.4, 0.5) is 5.69 Å². The molecule has 0 atom stereocenters. The molecule has 0 aliphatic carbocycles. The molecule has 3 rings (SSSR count). The Morgan fingerprint density at radius 1 is 0.967 bits per heavy atom. The van der Waals surface area contributed by atoms with Crippen LogP contribution in [0.25, 0.3) is 0 Å². The van der Waals surface area contributed by atoms with Gasteiger partial charge < -0.3 is 19.7 Å². The Balaban J connectivity index is 1.99. The normalized spacial score (nSPS) is 17.6. The second kappa shape index (κ2) is 9.24. The van der Waals surface area contributed by atoms with Gasteiger partial charge in [0, 0.05) is 38.1 Å². The van der Waals surface area contributed by atoms with E-state index in [1.807, 2.05) is 0 Å². The van der Waals surface area contributed by atoms with E-state index in [0.29, 0.717) is 31.9 Å². The lowest BCUT2D eigenvalue weighted by atomic mass is 10.1. The molecule has 0 spiro atoms. The number of carbonyl (C=O) groups excluding carboxylic acids is 2. The van der Waals surface area contributed by atoms with Gasteiger partial charge in [0.1, 0.15) is 5.70 Å². The predicted octanol–water partition coefficient (Wildman–Crippen LogP) is 0.770. The van der Waals surface area contributed by atoms with Crippen LogP contribution in [0.5, 0.6) is 0 Å². The minimum Gasteiger partial charge on any atom is -0.465 e. The molecule has 2 aliphatic rings. The zero-order chi connectivity index (χ0) is 21.7. The van der Waals surface area contributed by atoms with Gasteiger partial charge in [0.2, 0.25) is 10.0 Å². The Bertz CT molecular complexity index is 1010. The number of rotatable bonds is 5. The summed E-state index contributed by atoms with van der Waals surface area (Å²) in [6.07, 6.45) is 6.28. The highest BCUT2D eigenvalue weighted by atomic mass is 32.2. The number of anilines is 1. The highest BCUT2D eigenvalue weighted by molar-refractivity contribution is 7.89. The minimum absolute atomic E-state index is 0.0202. The number of esters is 2. The van der Waals surface area contributed by atoms with E-state index in [0.717, 1.165) is 0 Å². The maximum atomic E-state index is 12.8. The van der Waals surface area contributed by atoms with Gasteiger partial charge in [-0.25, -0.2) is 18.0 Å². The molecule has 1 N–H and O–H groups in total. The number of sulfonamides is 1. The van der Waals surface area contributed by atoms with Crippen molar-refractivity contribution >= 4 is 27.6 Å². The van der Waals surface area contributed by atoms with Crippen LogP contribution in [-0.4, -0.2) is 65.1 Å². The highest BCUT2D eigenvalue weighted by Gasteiger charge is 2.29. The van der Waals surface area contributed by atoms with Gasteiger partial charge in [-0.05, 0) is 36.4 Å². The maximum absolute atomic E-state index is 12.8. The first-order chi connectivity index (χ1) is 14.4.